The quantitative estimate of drug-likeness (QED) is 0.897. The SMILES string of the molecule is Cc1cc(C(=O)N2CCOCC2)nc(Nc2ccc3c(c2)OCCO3)n1. The molecule has 2 aliphatic rings. The van der Waals surface area contributed by atoms with E-state index in [0.29, 0.717) is 56.9 Å². The van der Waals surface area contributed by atoms with Crippen molar-refractivity contribution in [3.05, 3.63) is 35.7 Å². The first-order valence-corrected chi connectivity index (χ1v) is 8.58. The number of carbonyl (C=O) groups excluding carboxylic acids is 1. The Morgan fingerprint density at radius 1 is 1.04 bits per heavy atom. The number of benzene rings is 1. The minimum Gasteiger partial charge on any atom is -0.486 e. The van der Waals surface area contributed by atoms with E-state index in [1.165, 1.54) is 0 Å². The summed E-state index contributed by atoms with van der Waals surface area (Å²) in [5.74, 6) is 1.66. The molecule has 0 aliphatic carbocycles. The van der Waals surface area contributed by atoms with Gasteiger partial charge in [0.05, 0.1) is 13.2 Å². The third-order valence-corrected chi connectivity index (χ3v) is 4.17. The maximum atomic E-state index is 12.7. The molecular formula is C18H20N4O4. The Kier molecular flexibility index (Phi) is 4.57. The molecule has 0 bridgehead atoms. The van der Waals surface area contributed by atoms with Crippen molar-refractivity contribution in [2.45, 2.75) is 6.92 Å². The zero-order chi connectivity index (χ0) is 17.9. The van der Waals surface area contributed by atoms with E-state index in [0.717, 1.165) is 17.1 Å². The van der Waals surface area contributed by atoms with Crippen LogP contribution in [0.5, 0.6) is 11.5 Å². The molecule has 3 heterocycles. The number of rotatable bonds is 3. The number of carbonyl (C=O) groups is 1. The molecule has 2 aliphatic heterocycles. The lowest BCUT2D eigenvalue weighted by molar-refractivity contribution is 0.0299. The number of aryl methyl sites for hydroxylation is 1. The average molecular weight is 356 g/mol. The van der Waals surface area contributed by atoms with E-state index in [2.05, 4.69) is 15.3 Å². The highest BCUT2D eigenvalue weighted by atomic mass is 16.6. The van der Waals surface area contributed by atoms with Crippen LogP contribution in [0, 0.1) is 6.92 Å². The van der Waals surface area contributed by atoms with Gasteiger partial charge in [0.15, 0.2) is 11.5 Å². The fourth-order valence-corrected chi connectivity index (χ4v) is 2.91. The van der Waals surface area contributed by atoms with Crippen LogP contribution < -0.4 is 14.8 Å². The summed E-state index contributed by atoms with van der Waals surface area (Å²) >= 11 is 0. The molecule has 1 fully saturated rings. The predicted octanol–water partition coefficient (Wildman–Crippen LogP) is 1.77. The van der Waals surface area contributed by atoms with Gasteiger partial charge in [0.1, 0.15) is 18.9 Å². The molecule has 4 rings (SSSR count). The topological polar surface area (TPSA) is 85.8 Å². The minimum atomic E-state index is -0.107. The van der Waals surface area contributed by atoms with Crippen LogP contribution in [0.4, 0.5) is 11.6 Å². The standard InChI is InChI=1S/C18H20N4O4/c1-12-10-14(17(23)22-4-6-24-7-5-22)21-18(19-12)20-13-2-3-15-16(11-13)26-9-8-25-15/h2-3,10-11H,4-9H2,1H3,(H,19,20,21). The van der Waals surface area contributed by atoms with Crippen molar-refractivity contribution in [1.82, 2.24) is 14.9 Å². The average Bonchev–Trinajstić information content (AvgIpc) is 2.67. The summed E-state index contributed by atoms with van der Waals surface area (Å²) in [5.41, 5.74) is 1.86. The molecule has 0 radical (unpaired) electrons. The molecule has 26 heavy (non-hydrogen) atoms. The van der Waals surface area contributed by atoms with Gasteiger partial charge in [0, 0.05) is 30.5 Å². The molecule has 8 heteroatoms. The number of hydrogen-bond acceptors (Lipinski definition) is 7. The van der Waals surface area contributed by atoms with E-state index < -0.39 is 0 Å². The Labute approximate surface area is 151 Å². The summed E-state index contributed by atoms with van der Waals surface area (Å²) < 4.78 is 16.4. The lowest BCUT2D eigenvalue weighted by atomic mass is 10.2. The van der Waals surface area contributed by atoms with Crippen molar-refractivity contribution in [2.24, 2.45) is 0 Å². The van der Waals surface area contributed by atoms with E-state index in [-0.39, 0.29) is 5.91 Å². The zero-order valence-corrected chi connectivity index (χ0v) is 14.5. The van der Waals surface area contributed by atoms with Gasteiger partial charge in [-0.2, -0.15) is 0 Å². The van der Waals surface area contributed by atoms with Gasteiger partial charge in [-0.3, -0.25) is 4.79 Å². The number of nitrogens with zero attached hydrogens (tertiary/aromatic N) is 3. The summed E-state index contributed by atoms with van der Waals surface area (Å²) in [6, 6.07) is 7.24. The zero-order valence-electron chi connectivity index (χ0n) is 14.5. The van der Waals surface area contributed by atoms with E-state index in [1.54, 1.807) is 11.0 Å². The highest BCUT2D eigenvalue weighted by Crippen LogP contribution is 2.33. The van der Waals surface area contributed by atoms with Crippen LogP contribution >= 0.6 is 0 Å². The van der Waals surface area contributed by atoms with Gasteiger partial charge < -0.3 is 24.4 Å². The molecule has 1 aromatic carbocycles. The summed E-state index contributed by atoms with van der Waals surface area (Å²) in [6.45, 7) is 5.17. The molecule has 8 nitrogen and oxygen atoms in total. The third kappa shape index (κ3) is 3.55. The van der Waals surface area contributed by atoms with Gasteiger partial charge in [-0.1, -0.05) is 0 Å². The fourth-order valence-electron chi connectivity index (χ4n) is 2.91. The number of morpholine rings is 1. The van der Waals surface area contributed by atoms with Crippen LogP contribution in [0.25, 0.3) is 0 Å². The van der Waals surface area contributed by atoms with Crippen LogP contribution in [-0.2, 0) is 4.74 Å². The molecule has 1 amide bonds. The molecule has 1 saturated heterocycles. The molecule has 1 aromatic heterocycles. The van der Waals surface area contributed by atoms with Crippen LogP contribution in [-0.4, -0.2) is 60.3 Å². The summed E-state index contributed by atoms with van der Waals surface area (Å²) in [5, 5.41) is 3.14. The number of anilines is 2. The lowest BCUT2D eigenvalue weighted by Crippen LogP contribution is -2.41. The number of nitrogens with one attached hydrogen (secondary N) is 1. The number of fused-ring (bicyclic) bond motifs is 1. The van der Waals surface area contributed by atoms with Gasteiger partial charge in [0.2, 0.25) is 5.95 Å². The molecule has 1 N–H and O–H groups in total. The Bertz CT molecular complexity index is 821. The Morgan fingerprint density at radius 3 is 2.62 bits per heavy atom. The first kappa shape index (κ1) is 16.6. The smallest absolute Gasteiger partial charge is 0.272 e. The van der Waals surface area contributed by atoms with Crippen LogP contribution in [0.2, 0.25) is 0 Å². The van der Waals surface area contributed by atoms with Gasteiger partial charge >= 0.3 is 0 Å². The van der Waals surface area contributed by atoms with Crippen molar-refractivity contribution < 1.29 is 19.0 Å². The third-order valence-electron chi connectivity index (χ3n) is 4.17. The fraction of sp³-hybridized carbons (Fsp3) is 0.389. The lowest BCUT2D eigenvalue weighted by Gasteiger charge is -2.26. The highest BCUT2D eigenvalue weighted by Gasteiger charge is 2.21. The normalized spacial score (nSPS) is 16.3. The predicted molar refractivity (Wildman–Crippen MR) is 94.2 cm³/mol. The monoisotopic (exact) mass is 356 g/mol. The largest absolute Gasteiger partial charge is 0.486 e. The van der Waals surface area contributed by atoms with E-state index in [9.17, 15) is 4.79 Å². The van der Waals surface area contributed by atoms with Crippen molar-refractivity contribution in [3.63, 3.8) is 0 Å². The summed E-state index contributed by atoms with van der Waals surface area (Å²) in [7, 11) is 0. The molecule has 136 valence electrons. The number of ether oxygens (including phenoxy) is 3. The van der Waals surface area contributed by atoms with Crippen molar-refractivity contribution in [2.75, 3.05) is 44.8 Å². The maximum Gasteiger partial charge on any atom is 0.272 e. The second-order valence-electron chi connectivity index (χ2n) is 6.11. The molecule has 0 spiro atoms. The van der Waals surface area contributed by atoms with Gasteiger partial charge in [-0.05, 0) is 25.1 Å². The summed E-state index contributed by atoms with van der Waals surface area (Å²) in [4.78, 5) is 23.2. The van der Waals surface area contributed by atoms with Crippen molar-refractivity contribution >= 4 is 17.5 Å². The van der Waals surface area contributed by atoms with Crippen molar-refractivity contribution in [1.29, 1.82) is 0 Å². The first-order chi connectivity index (χ1) is 12.7. The van der Waals surface area contributed by atoms with Crippen LogP contribution in [0.15, 0.2) is 24.3 Å². The Hall–Kier alpha value is -2.87. The van der Waals surface area contributed by atoms with Crippen LogP contribution in [0.3, 0.4) is 0 Å². The Morgan fingerprint density at radius 2 is 1.81 bits per heavy atom. The van der Waals surface area contributed by atoms with E-state index in [4.69, 9.17) is 14.2 Å². The van der Waals surface area contributed by atoms with Crippen LogP contribution in [0.1, 0.15) is 16.2 Å². The number of aromatic nitrogens is 2. The van der Waals surface area contributed by atoms with E-state index >= 15 is 0 Å². The first-order valence-electron chi connectivity index (χ1n) is 8.58. The minimum absolute atomic E-state index is 0.107. The second kappa shape index (κ2) is 7.17. The number of hydrogen-bond donors (Lipinski definition) is 1. The molecule has 2 aromatic rings. The second-order valence-corrected chi connectivity index (χ2v) is 6.11. The van der Waals surface area contributed by atoms with Gasteiger partial charge in [-0.15, -0.1) is 0 Å². The van der Waals surface area contributed by atoms with Crippen molar-refractivity contribution in [3.8, 4) is 11.5 Å². The molecule has 0 saturated carbocycles. The summed E-state index contributed by atoms with van der Waals surface area (Å²) in [6.07, 6.45) is 0. The van der Waals surface area contributed by atoms with E-state index in [1.807, 2.05) is 25.1 Å². The maximum absolute atomic E-state index is 12.7. The Balaban J connectivity index is 1.55. The molecule has 0 unspecified atom stereocenters. The molecule has 0 atom stereocenters. The molecular weight excluding hydrogens is 336 g/mol. The van der Waals surface area contributed by atoms with Gasteiger partial charge in [0.25, 0.3) is 5.91 Å². The van der Waals surface area contributed by atoms with Gasteiger partial charge in [-0.25, -0.2) is 9.97 Å². The highest BCUT2D eigenvalue weighted by molar-refractivity contribution is 5.92. The number of amides is 1.